The molecule has 0 saturated carbocycles. The Morgan fingerprint density at radius 3 is 2.48 bits per heavy atom. The molecule has 3 N–H and O–H groups in total. The number of hydrogen-bond acceptors (Lipinski definition) is 7. The third-order valence-corrected chi connectivity index (χ3v) is 7.02. The van der Waals surface area contributed by atoms with Gasteiger partial charge in [-0.3, -0.25) is 15.2 Å². The average molecular weight is 477 g/mol. The normalized spacial score (nSPS) is 11.3. The summed E-state index contributed by atoms with van der Waals surface area (Å²) in [7, 11) is -4.07. The number of nitrogens with one attached hydrogen (secondary N) is 3. The second kappa shape index (κ2) is 8.34. The third kappa shape index (κ3) is 4.66. The van der Waals surface area contributed by atoms with E-state index in [9.17, 15) is 18.0 Å². The summed E-state index contributed by atoms with van der Waals surface area (Å²) in [5, 5.41) is 12.9. The molecule has 0 saturated heterocycles. The Labute approximate surface area is 184 Å². The Hall–Kier alpha value is -3.48. The number of carbonyl (C=O) groups excluding carboxylic acids is 1. The number of hydrogen-bond donors (Lipinski definition) is 3. The van der Waals surface area contributed by atoms with Crippen LogP contribution in [0.15, 0.2) is 69.7 Å². The summed E-state index contributed by atoms with van der Waals surface area (Å²) < 4.78 is 27.5. The number of rotatable bonds is 5. The highest BCUT2D eigenvalue weighted by Gasteiger charge is 2.20. The van der Waals surface area contributed by atoms with Gasteiger partial charge in [0, 0.05) is 6.07 Å². The molecule has 31 heavy (non-hydrogen) atoms. The molecule has 3 heterocycles. The van der Waals surface area contributed by atoms with Crippen LogP contribution in [0.25, 0.3) is 17.1 Å². The molecule has 13 heteroatoms. The minimum Gasteiger partial charge on any atom is -0.290 e. The van der Waals surface area contributed by atoms with Crippen LogP contribution >= 0.6 is 22.9 Å². The highest BCUT2D eigenvalue weighted by Crippen LogP contribution is 2.25. The standard InChI is InChI=1S/C18H13ClN6O4S2/c19-13-6-9-17(30-13)31(28,29)24-18(27)20-14-7-8-15(22-21-14)25-16(26)10-12(23-25)11-4-2-1-3-5-11/h1-10,23H,(H2,20,21,24,27). The van der Waals surface area contributed by atoms with Gasteiger partial charge in [0.25, 0.3) is 15.6 Å². The number of carbonyl (C=O) groups is 1. The van der Waals surface area contributed by atoms with E-state index in [1.165, 1.54) is 35.0 Å². The second-order valence-corrected chi connectivity index (χ2v) is 9.73. The Balaban J connectivity index is 1.47. The number of halogens is 1. The average Bonchev–Trinajstić information content (AvgIpc) is 3.35. The monoisotopic (exact) mass is 476 g/mol. The number of urea groups is 1. The quantitative estimate of drug-likeness (QED) is 0.404. The molecule has 0 fully saturated rings. The van der Waals surface area contributed by atoms with E-state index in [0.717, 1.165) is 16.9 Å². The minimum atomic E-state index is -4.07. The first-order valence-electron chi connectivity index (χ1n) is 8.62. The molecule has 0 unspecified atom stereocenters. The van der Waals surface area contributed by atoms with Gasteiger partial charge in [-0.25, -0.2) is 17.9 Å². The van der Waals surface area contributed by atoms with Gasteiger partial charge in [0.05, 0.1) is 10.0 Å². The number of aromatic nitrogens is 4. The molecule has 158 valence electrons. The van der Waals surface area contributed by atoms with Crippen LogP contribution < -0.4 is 15.6 Å². The summed E-state index contributed by atoms with van der Waals surface area (Å²) in [5.41, 5.74) is 1.09. The zero-order chi connectivity index (χ0) is 22.0. The van der Waals surface area contributed by atoms with Gasteiger partial charge in [-0.15, -0.1) is 21.5 Å². The molecule has 0 radical (unpaired) electrons. The zero-order valence-corrected chi connectivity index (χ0v) is 17.8. The van der Waals surface area contributed by atoms with Gasteiger partial charge in [0.2, 0.25) is 0 Å². The van der Waals surface area contributed by atoms with E-state index in [0.29, 0.717) is 5.69 Å². The zero-order valence-electron chi connectivity index (χ0n) is 15.4. The first-order valence-corrected chi connectivity index (χ1v) is 11.3. The molecule has 1 aromatic carbocycles. The number of aromatic amines is 1. The van der Waals surface area contributed by atoms with E-state index in [1.54, 1.807) is 0 Å². The maximum Gasteiger partial charge on any atom is 0.334 e. The summed E-state index contributed by atoms with van der Waals surface area (Å²) in [4.78, 5) is 24.3. The number of amides is 2. The molecule has 0 aliphatic rings. The van der Waals surface area contributed by atoms with E-state index in [1.807, 2.05) is 35.1 Å². The third-order valence-electron chi connectivity index (χ3n) is 3.97. The minimum absolute atomic E-state index is 0.0106. The van der Waals surface area contributed by atoms with Crippen molar-refractivity contribution in [3.8, 4) is 17.1 Å². The van der Waals surface area contributed by atoms with Gasteiger partial charge >= 0.3 is 6.03 Å². The van der Waals surface area contributed by atoms with E-state index in [-0.39, 0.29) is 25.7 Å². The Bertz CT molecular complexity index is 1390. The second-order valence-electron chi connectivity index (χ2n) is 6.10. The van der Waals surface area contributed by atoms with Crippen molar-refractivity contribution in [1.29, 1.82) is 0 Å². The fourth-order valence-corrected chi connectivity index (χ4v) is 4.99. The molecule has 4 aromatic rings. The number of benzene rings is 1. The molecular weight excluding hydrogens is 464 g/mol. The van der Waals surface area contributed by atoms with E-state index < -0.39 is 16.1 Å². The van der Waals surface area contributed by atoms with Crippen LogP contribution in [0.4, 0.5) is 10.6 Å². The van der Waals surface area contributed by atoms with Crippen molar-refractivity contribution in [2.45, 2.75) is 4.21 Å². The molecule has 0 aliphatic heterocycles. The number of sulfonamides is 1. The number of thiophene rings is 1. The Morgan fingerprint density at radius 1 is 1.06 bits per heavy atom. The predicted octanol–water partition coefficient (Wildman–Crippen LogP) is 2.85. The van der Waals surface area contributed by atoms with Crippen molar-refractivity contribution in [2.75, 3.05) is 5.32 Å². The summed E-state index contributed by atoms with van der Waals surface area (Å²) in [6, 6.07) is 15.2. The maximum absolute atomic E-state index is 12.3. The van der Waals surface area contributed by atoms with Crippen LogP contribution in [0.5, 0.6) is 0 Å². The molecule has 0 atom stereocenters. The lowest BCUT2D eigenvalue weighted by Crippen LogP contribution is -2.34. The molecule has 10 nitrogen and oxygen atoms in total. The van der Waals surface area contributed by atoms with Crippen LogP contribution in [-0.4, -0.2) is 34.4 Å². The lowest BCUT2D eigenvalue weighted by atomic mass is 10.2. The fraction of sp³-hybridized carbons (Fsp3) is 0. The van der Waals surface area contributed by atoms with Crippen molar-refractivity contribution < 1.29 is 13.2 Å². The molecule has 0 spiro atoms. The lowest BCUT2D eigenvalue weighted by molar-refractivity contribution is 0.256. The van der Waals surface area contributed by atoms with Crippen molar-refractivity contribution >= 4 is 44.8 Å². The predicted molar refractivity (Wildman–Crippen MR) is 116 cm³/mol. The van der Waals surface area contributed by atoms with Crippen molar-refractivity contribution in [1.82, 2.24) is 24.7 Å². The molecule has 0 bridgehead atoms. The van der Waals surface area contributed by atoms with Gasteiger partial charge in [0.1, 0.15) is 4.21 Å². The van der Waals surface area contributed by atoms with Gasteiger partial charge < -0.3 is 0 Å². The molecule has 2 amide bonds. The first kappa shape index (κ1) is 20.8. The van der Waals surface area contributed by atoms with Crippen molar-refractivity contribution in [2.24, 2.45) is 0 Å². The summed E-state index contributed by atoms with van der Waals surface area (Å²) in [6.45, 7) is 0. The smallest absolute Gasteiger partial charge is 0.290 e. The fourth-order valence-electron chi connectivity index (χ4n) is 2.60. The topological polar surface area (TPSA) is 139 Å². The van der Waals surface area contributed by atoms with Crippen LogP contribution in [0.1, 0.15) is 0 Å². The van der Waals surface area contributed by atoms with Gasteiger partial charge in [-0.05, 0) is 29.8 Å². The summed E-state index contributed by atoms with van der Waals surface area (Å²) in [5.74, 6) is 0.183. The van der Waals surface area contributed by atoms with Gasteiger partial charge in [-0.2, -0.15) is 4.68 Å². The number of anilines is 1. The Morgan fingerprint density at radius 2 is 1.84 bits per heavy atom. The highest BCUT2D eigenvalue weighted by atomic mass is 35.5. The lowest BCUT2D eigenvalue weighted by Gasteiger charge is -2.07. The van der Waals surface area contributed by atoms with E-state index in [2.05, 4.69) is 20.6 Å². The van der Waals surface area contributed by atoms with Crippen LogP contribution in [0, 0.1) is 0 Å². The molecule has 4 rings (SSSR count). The maximum atomic E-state index is 12.3. The number of nitrogens with zero attached hydrogens (tertiary/aromatic N) is 3. The Kier molecular flexibility index (Phi) is 5.59. The summed E-state index contributed by atoms with van der Waals surface area (Å²) in [6.07, 6.45) is 0. The summed E-state index contributed by atoms with van der Waals surface area (Å²) >= 11 is 6.54. The van der Waals surface area contributed by atoms with Crippen LogP contribution in [-0.2, 0) is 10.0 Å². The van der Waals surface area contributed by atoms with E-state index >= 15 is 0 Å². The van der Waals surface area contributed by atoms with Crippen molar-refractivity contribution in [3.63, 3.8) is 0 Å². The van der Waals surface area contributed by atoms with Gasteiger partial charge in [-0.1, -0.05) is 41.9 Å². The molecule has 0 aliphatic carbocycles. The van der Waals surface area contributed by atoms with Crippen LogP contribution in [0.3, 0.4) is 0 Å². The van der Waals surface area contributed by atoms with E-state index in [4.69, 9.17) is 11.6 Å². The van der Waals surface area contributed by atoms with Gasteiger partial charge in [0.15, 0.2) is 11.6 Å². The molecule has 3 aromatic heterocycles. The first-order chi connectivity index (χ1) is 14.8. The van der Waals surface area contributed by atoms with Crippen LogP contribution in [0.2, 0.25) is 4.34 Å². The highest BCUT2D eigenvalue weighted by molar-refractivity contribution is 7.92. The SMILES string of the molecule is O=C(Nc1ccc(-n2[nH]c(-c3ccccc3)cc2=O)nn1)NS(=O)(=O)c1ccc(Cl)s1. The number of H-pyrrole nitrogens is 1. The largest absolute Gasteiger partial charge is 0.334 e. The van der Waals surface area contributed by atoms with Crippen molar-refractivity contribution in [3.05, 3.63) is 75.4 Å². The molecular formula is C18H13ClN6O4S2.